The van der Waals surface area contributed by atoms with Gasteiger partial charge in [-0.1, -0.05) is 47.5 Å². The predicted molar refractivity (Wildman–Crippen MR) is 93.4 cm³/mol. The van der Waals surface area contributed by atoms with Crippen LogP contribution in [0.4, 0.5) is 0 Å². The predicted octanol–water partition coefficient (Wildman–Crippen LogP) is 3.94. The number of hydrazone groups is 1. The van der Waals surface area contributed by atoms with Gasteiger partial charge in [-0.05, 0) is 38.5 Å². The summed E-state index contributed by atoms with van der Waals surface area (Å²) < 4.78 is 0. The van der Waals surface area contributed by atoms with Crippen LogP contribution < -0.4 is 5.43 Å². The fourth-order valence-corrected chi connectivity index (χ4v) is 2.51. The molecule has 0 aliphatic rings. The summed E-state index contributed by atoms with van der Waals surface area (Å²) >= 11 is 1.51. The number of benzene rings is 2. The van der Waals surface area contributed by atoms with Gasteiger partial charge >= 0.3 is 0 Å². The van der Waals surface area contributed by atoms with Crippen LogP contribution in [0.25, 0.3) is 0 Å². The van der Waals surface area contributed by atoms with Crippen LogP contribution in [-0.4, -0.2) is 17.4 Å². The maximum absolute atomic E-state index is 11.8. The van der Waals surface area contributed by atoms with E-state index in [1.54, 1.807) is 0 Å². The number of aryl methyl sites for hydroxylation is 2. The van der Waals surface area contributed by atoms with E-state index in [0.29, 0.717) is 5.75 Å². The van der Waals surface area contributed by atoms with E-state index in [4.69, 9.17) is 0 Å². The van der Waals surface area contributed by atoms with Crippen molar-refractivity contribution >= 4 is 23.4 Å². The number of amides is 1. The maximum Gasteiger partial charge on any atom is 0.250 e. The molecule has 1 N–H and O–H groups in total. The standard InChI is InChI=1S/C18H20N2OS/c1-13-4-8-16(9-5-13)15(3)19-20-18(21)12-22-17-10-6-14(2)7-11-17/h4-11H,12H2,1-3H3,(H,20,21)/b19-15-. The summed E-state index contributed by atoms with van der Waals surface area (Å²) in [5.74, 6) is 0.255. The second-order valence-electron chi connectivity index (χ2n) is 5.20. The van der Waals surface area contributed by atoms with Crippen molar-refractivity contribution in [1.82, 2.24) is 5.43 Å². The van der Waals surface area contributed by atoms with Gasteiger partial charge in [-0.25, -0.2) is 5.43 Å². The Morgan fingerprint density at radius 3 is 2.14 bits per heavy atom. The van der Waals surface area contributed by atoms with E-state index in [-0.39, 0.29) is 5.91 Å². The van der Waals surface area contributed by atoms with Crippen LogP contribution in [0, 0.1) is 13.8 Å². The average molecular weight is 312 g/mol. The lowest BCUT2D eigenvalue weighted by Crippen LogP contribution is -2.21. The molecular formula is C18H20N2OS. The van der Waals surface area contributed by atoms with Gasteiger partial charge in [0.05, 0.1) is 11.5 Å². The third kappa shape index (κ3) is 5.04. The van der Waals surface area contributed by atoms with Crippen LogP contribution in [0.2, 0.25) is 0 Å². The Hall–Kier alpha value is -2.07. The van der Waals surface area contributed by atoms with Crippen LogP contribution in [0.3, 0.4) is 0 Å². The number of rotatable bonds is 5. The van der Waals surface area contributed by atoms with Gasteiger partial charge in [0.15, 0.2) is 0 Å². The van der Waals surface area contributed by atoms with Crippen LogP contribution in [0.5, 0.6) is 0 Å². The van der Waals surface area contributed by atoms with Crippen molar-refractivity contribution in [3.63, 3.8) is 0 Å². The average Bonchev–Trinajstić information content (AvgIpc) is 2.52. The largest absolute Gasteiger partial charge is 0.272 e. The zero-order chi connectivity index (χ0) is 15.9. The zero-order valence-corrected chi connectivity index (χ0v) is 13.9. The molecule has 0 spiro atoms. The van der Waals surface area contributed by atoms with E-state index in [1.165, 1.54) is 22.9 Å². The molecule has 0 fully saturated rings. The Morgan fingerprint density at radius 2 is 1.55 bits per heavy atom. The summed E-state index contributed by atoms with van der Waals surface area (Å²) in [6.07, 6.45) is 0. The summed E-state index contributed by atoms with van der Waals surface area (Å²) in [5, 5.41) is 4.15. The molecule has 2 rings (SSSR count). The number of hydrogen-bond acceptors (Lipinski definition) is 3. The molecule has 2 aromatic carbocycles. The lowest BCUT2D eigenvalue weighted by molar-refractivity contribution is -0.118. The van der Waals surface area contributed by atoms with Crippen LogP contribution >= 0.6 is 11.8 Å². The molecule has 0 radical (unpaired) electrons. The molecule has 114 valence electrons. The molecular weight excluding hydrogens is 292 g/mol. The Balaban J connectivity index is 1.85. The van der Waals surface area contributed by atoms with Gasteiger partial charge in [-0.3, -0.25) is 4.79 Å². The van der Waals surface area contributed by atoms with Crippen molar-refractivity contribution in [3.8, 4) is 0 Å². The quantitative estimate of drug-likeness (QED) is 0.516. The number of carbonyl (C=O) groups excluding carboxylic acids is 1. The molecule has 0 aromatic heterocycles. The topological polar surface area (TPSA) is 41.5 Å². The van der Waals surface area contributed by atoms with Gasteiger partial charge in [0, 0.05) is 4.90 Å². The number of thioether (sulfide) groups is 1. The second-order valence-corrected chi connectivity index (χ2v) is 6.25. The van der Waals surface area contributed by atoms with Gasteiger partial charge in [0.25, 0.3) is 0 Å². The molecule has 0 saturated heterocycles. The number of nitrogens with zero attached hydrogens (tertiary/aromatic N) is 1. The van der Waals surface area contributed by atoms with Crippen LogP contribution in [0.1, 0.15) is 23.6 Å². The Kier molecular flexibility index (Phi) is 5.78. The normalized spacial score (nSPS) is 11.3. The SMILES string of the molecule is C/C(=N/NC(=O)CSc1ccc(C)cc1)c1ccc(C)cc1. The van der Waals surface area contributed by atoms with Crippen molar-refractivity contribution in [1.29, 1.82) is 0 Å². The summed E-state index contributed by atoms with van der Waals surface area (Å²) in [5.41, 5.74) is 6.83. The second kappa shape index (κ2) is 7.80. The Bertz CT molecular complexity index is 660. The lowest BCUT2D eigenvalue weighted by atomic mass is 10.1. The smallest absolute Gasteiger partial charge is 0.250 e. The van der Waals surface area contributed by atoms with Crippen LogP contribution in [0.15, 0.2) is 58.5 Å². The summed E-state index contributed by atoms with van der Waals surface area (Å²) in [7, 11) is 0. The van der Waals surface area contributed by atoms with E-state index in [2.05, 4.69) is 10.5 Å². The van der Waals surface area contributed by atoms with Gasteiger partial charge in [-0.2, -0.15) is 5.10 Å². The lowest BCUT2D eigenvalue weighted by Gasteiger charge is -2.04. The molecule has 22 heavy (non-hydrogen) atoms. The van der Waals surface area contributed by atoms with Crippen LogP contribution in [-0.2, 0) is 4.79 Å². The van der Waals surface area contributed by atoms with E-state index in [0.717, 1.165) is 16.2 Å². The highest BCUT2D eigenvalue weighted by atomic mass is 32.2. The minimum absolute atomic E-state index is 0.1000. The molecule has 0 saturated carbocycles. The highest BCUT2D eigenvalue weighted by Gasteiger charge is 2.03. The monoisotopic (exact) mass is 312 g/mol. The highest BCUT2D eigenvalue weighted by molar-refractivity contribution is 8.00. The zero-order valence-electron chi connectivity index (χ0n) is 13.1. The molecule has 0 atom stereocenters. The van der Waals surface area contributed by atoms with Crippen molar-refractivity contribution in [2.24, 2.45) is 5.10 Å². The molecule has 3 nitrogen and oxygen atoms in total. The minimum Gasteiger partial charge on any atom is -0.272 e. The maximum atomic E-state index is 11.8. The number of carbonyl (C=O) groups is 1. The molecule has 0 aliphatic carbocycles. The number of hydrogen-bond donors (Lipinski definition) is 1. The van der Waals surface area contributed by atoms with Gasteiger partial charge < -0.3 is 0 Å². The van der Waals surface area contributed by atoms with Crippen molar-refractivity contribution < 1.29 is 4.79 Å². The molecule has 0 bridgehead atoms. The van der Waals surface area contributed by atoms with E-state index >= 15 is 0 Å². The molecule has 4 heteroatoms. The first-order valence-corrected chi connectivity index (χ1v) is 8.13. The number of nitrogens with one attached hydrogen (secondary N) is 1. The first-order chi connectivity index (χ1) is 10.5. The molecule has 1 amide bonds. The highest BCUT2D eigenvalue weighted by Crippen LogP contribution is 2.17. The molecule has 0 heterocycles. The van der Waals surface area contributed by atoms with E-state index in [1.807, 2.05) is 69.3 Å². The third-order valence-corrected chi connectivity index (χ3v) is 4.22. The van der Waals surface area contributed by atoms with Gasteiger partial charge in [-0.15, -0.1) is 11.8 Å². The minimum atomic E-state index is -0.1000. The Morgan fingerprint density at radius 1 is 1.00 bits per heavy atom. The van der Waals surface area contributed by atoms with E-state index in [9.17, 15) is 4.79 Å². The summed E-state index contributed by atoms with van der Waals surface area (Å²) in [6.45, 7) is 5.97. The molecule has 0 aliphatic heterocycles. The van der Waals surface area contributed by atoms with E-state index < -0.39 is 0 Å². The van der Waals surface area contributed by atoms with Crippen molar-refractivity contribution in [2.45, 2.75) is 25.7 Å². The van der Waals surface area contributed by atoms with Crippen molar-refractivity contribution in [2.75, 3.05) is 5.75 Å². The fourth-order valence-electron chi connectivity index (χ4n) is 1.82. The molecule has 2 aromatic rings. The summed E-state index contributed by atoms with van der Waals surface area (Å²) in [6, 6.07) is 16.2. The Labute approximate surface area is 135 Å². The van der Waals surface area contributed by atoms with Gasteiger partial charge in [0.2, 0.25) is 5.91 Å². The van der Waals surface area contributed by atoms with Crippen molar-refractivity contribution in [3.05, 3.63) is 65.2 Å². The first-order valence-electron chi connectivity index (χ1n) is 7.14. The summed E-state index contributed by atoms with van der Waals surface area (Å²) in [4.78, 5) is 12.9. The van der Waals surface area contributed by atoms with Gasteiger partial charge in [0.1, 0.15) is 0 Å². The first kappa shape index (κ1) is 16.3. The molecule has 0 unspecified atom stereocenters. The fraction of sp³-hybridized carbons (Fsp3) is 0.222. The third-order valence-electron chi connectivity index (χ3n) is 3.21.